The van der Waals surface area contributed by atoms with Gasteiger partial charge in [-0.05, 0) is 130 Å². The van der Waals surface area contributed by atoms with Gasteiger partial charge in [-0.1, -0.05) is 42.8 Å². The number of anilines is 1. The van der Waals surface area contributed by atoms with Gasteiger partial charge in [-0.2, -0.15) is 0 Å². The predicted molar refractivity (Wildman–Crippen MR) is 197 cm³/mol. The molecule has 266 valence electrons. The first-order chi connectivity index (χ1) is 24.1. The predicted octanol–water partition coefficient (Wildman–Crippen LogP) is 7.30. The number of sulfonamides is 1. The zero-order valence-corrected chi connectivity index (χ0v) is 30.6. The Labute approximate surface area is 301 Å². The molecule has 10 heteroatoms. The molecule has 1 amide bonds. The highest BCUT2D eigenvalue weighted by Gasteiger charge is 2.44. The Balaban J connectivity index is 1.22. The lowest BCUT2D eigenvalue weighted by Gasteiger charge is -2.46. The second-order valence-electron chi connectivity index (χ2n) is 14.9. The van der Waals surface area contributed by atoms with Crippen molar-refractivity contribution >= 4 is 33.2 Å². The number of carbonyl (C=O) groups is 1. The molecule has 2 bridgehead atoms. The Hall–Kier alpha value is -3.40. The number of ether oxygens (including phenoxy) is 2. The molecule has 8 nitrogen and oxygen atoms in total. The molecule has 2 aliphatic carbocycles. The maximum Gasteiger partial charge on any atom is 0.264 e. The van der Waals surface area contributed by atoms with E-state index in [1.165, 1.54) is 11.1 Å². The van der Waals surface area contributed by atoms with Crippen molar-refractivity contribution in [3.63, 3.8) is 0 Å². The van der Waals surface area contributed by atoms with Crippen LogP contribution in [0.25, 0.3) is 0 Å². The zero-order valence-electron chi connectivity index (χ0n) is 29.0. The summed E-state index contributed by atoms with van der Waals surface area (Å²) in [5.41, 5.74) is 4.49. The highest BCUT2D eigenvalue weighted by molar-refractivity contribution is 7.90. The molecular weight excluding hydrogens is 670 g/mol. The number of pyridine rings is 1. The summed E-state index contributed by atoms with van der Waals surface area (Å²) in [6, 6.07) is 17.6. The monoisotopic (exact) mass is 717 g/mol. The van der Waals surface area contributed by atoms with E-state index in [1.54, 1.807) is 13.0 Å². The van der Waals surface area contributed by atoms with E-state index in [1.807, 2.05) is 49.5 Å². The molecule has 3 aromatic rings. The quantitative estimate of drug-likeness (QED) is 0.219. The Bertz CT molecular complexity index is 1840. The van der Waals surface area contributed by atoms with Gasteiger partial charge in [-0.25, -0.2) is 13.1 Å². The molecule has 3 heterocycles. The van der Waals surface area contributed by atoms with Crippen molar-refractivity contribution < 1.29 is 22.7 Å². The number of aromatic nitrogens is 1. The molecule has 2 aromatic carbocycles. The van der Waals surface area contributed by atoms with Crippen molar-refractivity contribution in [3.8, 4) is 5.75 Å². The summed E-state index contributed by atoms with van der Waals surface area (Å²) in [6.45, 7) is 6.23. The van der Waals surface area contributed by atoms with E-state index in [0.717, 1.165) is 74.4 Å². The highest BCUT2D eigenvalue weighted by atomic mass is 35.5. The van der Waals surface area contributed by atoms with Crippen molar-refractivity contribution in [1.82, 2.24) is 9.71 Å². The molecule has 0 saturated heterocycles. The number of amides is 1. The van der Waals surface area contributed by atoms with Crippen LogP contribution in [0, 0.1) is 17.8 Å². The van der Waals surface area contributed by atoms with Gasteiger partial charge in [0.2, 0.25) is 10.0 Å². The number of nitrogens with zero attached hydrogens (tertiary/aromatic N) is 2. The van der Waals surface area contributed by atoms with Crippen LogP contribution in [0.4, 0.5) is 5.69 Å². The van der Waals surface area contributed by atoms with E-state index in [4.69, 9.17) is 21.1 Å². The topological polar surface area (TPSA) is 97.8 Å². The van der Waals surface area contributed by atoms with Crippen LogP contribution in [0.5, 0.6) is 5.75 Å². The third kappa shape index (κ3) is 7.32. The molecule has 6 atom stereocenters. The number of carbonyl (C=O) groups excluding carboxylic acids is 1. The van der Waals surface area contributed by atoms with Crippen LogP contribution in [0.15, 0.2) is 72.9 Å². The van der Waals surface area contributed by atoms with Gasteiger partial charge in [0.1, 0.15) is 5.75 Å². The van der Waals surface area contributed by atoms with Crippen LogP contribution in [0.3, 0.4) is 0 Å². The molecular formula is C40H48ClN3O5S. The molecule has 2 aliphatic heterocycles. The van der Waals surface area contributed by atoms with Crippen LogP contribution in [-0.4, -0.2) is 57.0 Å². The van der Waals surface area contributed by atoms with Gasteiger partial charge in [0.15, 0.2) is 0 Å². The lowest BCUT2D eigenvalue weighted by atomic mass is 9.68. The van der Waals surface area contributed by atoms with Crippen LogP contribution in [0.2, 0.25) is 5.02 Å². The van der Waals surface area contributed by atoms with Gasteiger partial charge in [-0.3, -0.25) is 9.78 Å². The Morgan fingerprint density at radius 1 is 1.12 bits per heavy atom. The summed E-state index contributed by atoms with van der Waals surface area (Å²) in [7, 11) is -3.93. The molecule has 1 saturated carbocycles. The van der Waals surface area contributed by atoms with E-state index in [-0.39, 0.29) is 17.4 Å². The Morgan fingerprint density at radius 2 is 2.00 bits per heavy atom. The van der Waals surface area contributed by atoms with Gasteiger partial charge in [0.05, 0.1) is 23.6 Å². The fourth-order valence-corrected chi connectivity index (χ4v) is 9.82. The minimum Gasteiger partial charge on any atom is -0.490 e. The average Bonchev–Trinajstić information content (AvgIpc) is 3.24. The molecule has 1 spiro atoms. The number of benzene rings is 2. The summed E-state index contributed by atoms with van der Waals surface area (Å²) >= 11 is 6.46. The van der Waals surface area contributed by atoms with Gasteiger partial charge >= 0.3 is 0 Å². The van der Waals surface area contributed by atoms with E-state index >= 15 is 0 Å². The standard InChI is InChI=1S/C40H48ClN3O5S/c1-27-8-5-12-37(48-21-7-11-33-10-3-4-20-42-33)34-16-13-31(34)24-44-25-40(19-6-9-29-22-32(41)15-17-35(29)40)26-49-38-18-14-30(23-36(38)44)39(45)43-50(46,47)28(27)2/h3-5,10,12,14-15,17-18,20,22-23,27-28,31,34,37H,6-9,11,13,16,19,21,24-26H2,1-2H3,(H,43,45)/b12-5+/t27-,28+,31-,34+,37-,40-/m0/s1. The van der Waals surface area contributed by atoms with Gasteiger partial charge in [-0.15, -0.1) is 0 Å². The van der Waals surface area contributed by atoms with Crippen molar-refractivity contribution in [2.75, 3.05) is 31.2 Å². The van der Waals surface area contributed by atoms with Crippen LogP contribution < -0.4 is 14.4 Å². The van der Waals surface area contributed by atoms with E-state index in [9.17, 15) is 13.2 Å². The first-order valence-electron chi connectivity index (χ1n) is 18.2. The SMILES string of the molecule is C[C@@H]1[C@@H](C)C/C=C/[C@H](OCCCc2ccccn2)[C@@H]2CC[C@H]2CN2C[C@@]3(CCCc4cc(Cl)ccc43)COc3ccc(cc32)C(=O)NS1(=O)=O. The lowest BCUT2D eigenvalue weighted by molar-refractivity contribution is -0.0148. The van der Waals surface area contributed by atoms with Crippen LogP contribution in [0.1, 0.15) is 79.6 Å². The third-order valence-electron chi connectivity index (χ3n) is 11.6. The minimum atomic E-state index is -3.93. The molecule has 1 fully saturated rings. The van der Waals surface area contributed by atoms with Gasteiger partial charge in [0, 0.05) is 47.6 Å². The Kier molecular flexibility index (Phi) is 10.3. The third-order valence-corrected chi connectivity index (χ3v) is 13.8. The minimum absolute atomic E-state index is 0.0789. The summed E-state index contributed by atoms with van der Waals surface area (Å²) in [5.74, 6) is 0.582. The Morgan fingerprint density at radius 3 is 2.80 bits per heavy atom. The van der Waals surface area contributed by atoms with Crippen molar-refractivity contribution in [2.24, 2.45) is 17.8 Å². The number of allylic oxidation sites excluding steroid dienone is 1. The molecule has 0 radical (unpaired) electrons. The molecule has 0 unspecified atom stereocenters. The number of rotatable bonds is 5. The number of nitrogens with one attached hydrogen (secondary N) is 1. The maximum absolute atomic E-state index is 13.5. The number of hydrogen-bond donors (Lipinski definition) is 1. The second-order valence-corrected chi connectivity index (χ2v) is 17.3. The largest absolute Gasteiger partial charge is 0.490 e. The molecule has 1 aromatic heterocycles. The molecule has 1 N–H and O–H groups in total. The van der Waals surface area contributed by atoms with Crippen molar-refractivity contribution in [3.05, 3.63) is 100 Å². The van der Waals surface area contributed by atoms with Crippen molar-refractivity contribution in [1.29, 1.82) is 0 Å². The summed E-state index contributed by atoms with van der Waals surface area (Å²) in [5, 5.41) is -0.0204. The average molecular weight is 718 g/mol. The smallest absolute Gasteiger partial charge is 0.264 e. The van der Waals surface area contributed by atoms with Crippen LogP contribution >= 0.6 is 11.6 Å². The lowest BCUT2D eigenvalue weighted by Crippen LogP contribution is -2.49. The van der Waals surface area contributed by atoms with E-state index < -0.39 is 21.2 Å². The van der Waals surface area contributed by atoms with E-state index in [0.29, 0.717) is 42.8 Å². The zero-order chi connectivity index (χ0) is 34.9. The second kappa shape index (κ2) is 14.7. The number of aryl methyl sites for hydroxylation is 2. The highest BCUT2D eigenvalue weighted by Crippen LogP contribution is 2.47. The fourth-order valence-electron chi connectivity index (χ4n) is 8.34. The number of hydrogen-bond acceptors (Lipinski definition) is 7. The molecule has 50 heavy (non-hydrogen) atoms. The summed E-state index contributed by atoms with van der Waals surface area (Å²) in [6.07, 6.45) is 13.4. The molecule has 7 rings (SSSR count). The van der Waals surface area contributed by atoms with Crippen molar-refractivity contribution in [2.45, 2.75) is 82.0 Å². The maximum atomic E-state index is 13.5. The molecule has 4 aliphatic rings. The first kappa shape index (κ1) is 35.0. The number of fused-ring (bicyclic) bond motifs is 4. The summed E-state index contributed by atoms with van der Waals surface area (Å²) < 4.78 is 42.5. The fraction of sp³-hybridized carbons (Fsp3) is 0.500. The number of halogens is 1. The van der Waals surface area contributed by atoms with Crippen LogP contribution in [-0.2, 0) is 33.0 Å². The van der Waals surface area contributed by atoms with Gasteiger partial charge < -0.3 is 14.4 Å². The van der Waals surface area contributed by atoms with E-state index in [2.05, 4.69) is 38.9 Å². The first-order valence-corrected chi connectivity index (χ1v) is 20.1. The summed E-state index contributed by atoms with van der Waals surface area (Å²) in [4.78, 5) is 20.4. The van der Waals surface area contributed by atoms with Gasteiger partial charge in [0.25, 0.3) is 5.91 Å². The normalized spacial score (nSPS) is 29.8.